The minimum Gasteiger partial charge on any atom is -0.491 e. The molecule has 2 aromatic heterocycles. The Morgan fingerprint density at radius 2 is 1.93 bits per heavy atom. The van der Waals surface area contributed by atoms with Gasteiger partial charge in [0.25, 0.3) is 5.91 Å². The Morgan fingerprint density at radius 3 is 2.61 bits per heavy atom. The molecule has 0 bridgehead atoms. The van der Waals surface area contributed by atoms with Crippen molar-refractivity contribution in [1.82, 2.24) is 14.5 Å². The Kier molecular flexibility index (Phi) is 6.43. The lowest BCUT2D eigenvalue weighted by Gasteiger charge is -2.08. The van der Waals surface area contributed by atoms with Gasteiger partial charge in [-0.1, -0.05) is 23.5 Å². The zero-order valence-corrected chi connectivity index (χ0v) is 17.3. The smallest absolute Gasteiger partial charge is 0.257 e. The third kappa shape index (κ3) is 4.76. The molecule has 0 aliphatic carbocycles. The zero-order chi connectivity index (χ0) is 20.1. The van der Waals surface area contributed by atoms with Gasteiger partial charge in [-0.2, -0.15) is 0 Å². The van der Waals surface area contributed by atoms with Gasteiger partial charge >= 0.3 is 0 Å². The van der Waals surface area contributed by atoms with Crippen molar-refractivity contribution in [2.75, 3.05) is 22.9 Å². The molecule has 2 N–H and O–H groups in total. The fraction of sp³-hybridized carbons (Fsp3) is 0.211. The minimum absolute atomic E-state index is 0.245. The lowest BCUT2D eigenvalue weighted by molar-refractivity contribution is 0.102. The molecule has 2 heterocycles. The number of hydrogen-bond acceptors (Lipinski definition) is 6. The second kappa shape index (κ2) is 8.99. The molecule has 1 aromatic carbocycles. The van der Waals surface area contributed by atoms with Gasteiger partial charge in [-0.25, -0.2) is 9.97 Å². The van der Waals surface area contributed by atoms with E-state index in [1.165, 1.54) is 11.9 Å². The highest BCUT2D eigenvalue weighted by Gasteiger charge is 2.14. The van der Waals surface area contributed by atoms with E-state index in [0.717, 1.165) is 11.4 Å². The average Bonchev–Trinajstić information content (AvgIpc) is 3.04. The molecule has 0 aliphatic rings. The fourth-order valence-corrected chi connectivity index (χ4v) is 3.23. The highest BCUT2D eigenvalue weighted by atomic mass is 35.5. The molecule has 9 heteroatoms. The van der Waals surface area contributed by atoms with Gasteiger partial charge in [0.2, 0.25) is 0 Å². The standard InChI is InChI=1S/C19H20ClN5O2S/c1-4-27-16-9-21-18(22-10-16)17-5-12(11-25(17)2)19(26)23-14-6-13(20)7-15(8-14)24-28-3/h5-11,24H,4H2,1-3H3,(H,23,26). The molecule has 0 fully saturated rings. The van der Waals surface area contributed by atoms with E-state index in [1.807, 2.05) is 30.9 Å². The molecule has 1 amide bonds. The lowest BCUT2D eigenvalue weighted by Crippen LogP contribution is -2.11. The van der Waals surface area contributed by atoms with Gasteiger partial charge in [-0.3, -0.25) is 4.79 Å². The number of halogens is 1. The van der Waals surface area contributed by atoms with Crippen molar-refractivity contribution in [2.24, 2.45) is 7.05 Å². The molecule has 0 radical (unpaired) electrons. The Balaban J connectivity index is 1.79. The quantitative estimate of drug-likeness (QED) is 0.552. The fourth-order valence-electron chi connectivity index (χ4n) is 2.64. The number of hydrogen-bond donors (Lipinski definition) is 2. The number of carbonyl (C=O) groups is 1. The maximum atomic E-state index is 12.7. The number of amides is 1. The summed E-state index contributed by atoms with van der Waals surface area (Å²) in [5.74, 6) is 0.874. The molecule has 3 rings (SSSR count). The predicted octanol–water partition coefficient (Wildman–Crippen LogP) is 4.48. The van der Waals surface area contributed by atoms with Crippen molar-refractivity contribution in [3.8, 4) is 17.3 Å². The first-order chi connectivity index (χ1) is 13.5. The van der Waals surface area contributed by atoms with Crippen LogP contribution in [0.15, 0.2) is 42.9 Å². The largest absolute Gasteiger partial charge is 0.491 e. The van der Waals surface area contributed by atoms with Gasteiger partial charge in [0.05, 0.1) is 30.3 Å². The topological polar surface area (TPSA) is 81.1 Å². The Hall–Kier alpha value is -2.71. The summed E-state index contributed by atoms with van der Waals surface area (Å²) in [5, 5.41) is 3.40. The van der Waals surface area contributed by atoms with E-state index in [-0.39, 0.29) is 5.91 Å². The van der Waals surface area contributed by atoms with Crippen LogP contribution in [0.4, 0.5) is 11.4 Å². The molecule has 0 saturated heterocycles. The maximum Gasteiger partial charge on any atom is 0.257 e. The minimum atomic E-state index is -0.245. The molecule has 28 heavy (non-hydrogen) atoms. The number of benzene rings is 1. The summed E-state index contributed by atoms with van der Waals surface area (Å²) in [6, 6.07) is 7.05. The molecule has 7 nitrogen and oxygen atoms in total. The highest BCUT2D eigenvalue weighted by Crippen LogP contribution is 2.25. The third-order valence-corrected chi connectivity index (χ3v) is 4.47. The molecule has 0 unspecified atom stereocenters. The summed E-state index contributed by atoms with van der Waals surface area (Å²) in [6.07, 6.45) is 6.87. The van der Waals surface area contributed by atoms with Crippen molar-refractivity contribution in [3.05, 3.63) is 53.4 Å². The number of aryl methyl sites for hydroxylation is 1. The SMILES string of the molecule is CCOc1cnc(-c2cc(C(=O)Nc3cc(Cl)cc(NSC)c3)cn2C)nc1. The molecule has 0 saturated carbocycles. The van der Waals surface area contributed by atoms with Gasteiger partial charge in [0.1, 0.15) is 0 Å². The van der Waals surface area contributed by atoms with E-state index in [1.54, 1.807) is 36.8 Å². The van der Waals surface area contributed by atoms with Crippen molar-refractivity contribution in [1.29, 1.82) is 0 Å². The van der Waals surface area contributed by atoms with Crippen LogP contribution in [-0.4, -0.2) is 33.3 Å². The van der Waals surface area contributed by atoms with Crippen molar-refractivity contribution >= 4 is 40.8 Å². The van der Waals surface area contributed by atoms with Crippen molar-refractivity contribution in [2.45, 2.75) is 6.92 Å². The van der Waals surface area contributed by atoms with Crippen molar-refractivity contribution in [3.63, 3.8) is 0 Å². The number of aromatic nitrogens is 3. The first kappa shape index (κ1) is 20.0. The predicted molar refractivity (Wildman–Crippen MR) is 114 cm³/mol. The van der Waals surface area contributed by atoms with Crippen LogP contribution in [0, 0.1) is 0 Å². The number of rotatable bonds is 7. The van der Waals surface area contributed by atoms with Crippen LogP contribution >= 0.6 is 23.5 Å². The van der Waals surface area contributed by atoms with E-state index in [0.29, 0.717) is 34.5 Å². The first-order valence-electron chi connectivity index (χ1n) is 8.52. The van der Waals surface area contributed by atoms with Crippen LogP contribution in [0.3, 0.4) is 0 Å². The Morgan fingerprint density at radius 1 is 1.21 bits per heavy atom. The summed E-state index contributed by atoms with van der Waals surface area (Å²) >= 11 is 7.58. The second-order valence-electron chi connectivity index (χ2n) is 5.89. The summed E-state index contributed by atoms with van der Waals surface area (Å²) in [7, 11) is 1.84. The summed E-state index contributed by atoms with van der Waals surface area (Å²) in [6.45, 7) is 2.45. The number of anilines is 2. The second-order valence-corrected chi connectivity index (χ2v) is 6.94. The van der Waals surface area contributed by atoms with Crippen LogP contribution in [0.25, 0.3) is 11.5 Å². The van der Waals surface area contributed by atoms with E-state index in [2.05, 4.69) is 20.0 Å². The van der Waals surface area contributed by atoms with Crippen molar-refractivity contribution < 1.29 is 9.53 Å². The number of nitrogens with one attached hydrogen (secondary N) is 2. The summed E-state index contributed by atoms with van der Waals surface area (Å²) in [5.41, 5.74) is 2.64. The van der Waals surface area contributed by atoms with Gasteiger partial charge < -0.3 is 19.3 Å². The molecule has 0 atom stereocenters. The van der Waals surface area contributed by atoms with E-state index < -0.39 is 0 Å². The Labute approximate surface area is 172 Å². The van der Waals surface area contributed by atoms with Gasteiger partial charge in [-0.15, -0.1) is 0 Å². The molecular weight excluding hydrogens is 398 g/mol. The normalized spacial score (nSPS) is 10.6. The van der Waals surface area contributed by atoms with E-state index in [4.69, 9.17) is 16.3 Å². The van der Waals surface area contributed by atoms with Gasteiger partial charge in [0, 0.05) is 35.9 Å². The van der Waals surface area contributed by atoms with Gasteiger partial charge in [0.15, 0.2) is 11.6 Å². The van der Waals surface area contributed by atoms with Gasteiger partial charge in [-0.05, 0) is 31.2 Å². The lowest BCUT2D eigenvalue weighted by atomic mass is 10.2. The van der Waals surface area contributed by atoms with Crippen LogP contribution in [-0.2, 0) is 7.05 Å². The maximum absolute atomic E-state index is 12.7. The monoisotopic (exact) mass is 417 g/mol. The third-order valence-electron chi connectivity index (χ3n) is 3.81. The highest BCUT2D eigenvalue weighted by molar-refractivity contribution is 7.99. The summed E-state index contributed by atoms with van der Waals surface area (Å²) in [4.78, 5) is 21.3. The molecule has 3 aromatic rings. The number of nitrogens with zero attached hydrogens (tertiary/aromatic N) is 3. The average molecular weight is 418 g/mol. The zero-order valence-electron chi connectivity index (χ0n) is 15.7. The summed E-state index contributed by atoms with van der Waals surface area (Å²) < 4.78 is 10.3. The number of ether oxygens (including phenoxy) is 1. The van der Waals surface area contributed by atoms with E-state index in [9.17, 15) is 4.79 Å². The molecule has 0 spiro atoms. The van der Waals surface area contributed by atoms with Crippen LogP contribution < -0.4 is 14.8 Å². The molecule has 0 aliphatic heterocycles. The van der Waals surface area contributed by atoms with Crippen LogP contribution in [0.5, 0.6) is 5.75 Å². The number of carbonyl (C=O) groups excluding carboxylic acids is 1. The molecular formula is C19H20ClN5O2S. The van der Waals surface area contributed by atoms with Crippen LogP contribution in [0.1, 0.15) is 17.3 Å². The van der Waals surface area contributed by atoms with E-state index >= 15 is 0 Å². The van der Waals surface area contributed by atoms with Crippen LogP contribution in [0.2, 0.25) is 5.02 Å². The molecule has 146 valence electrons. The first-order valence-corrected chi connectivity index (χ1v) is 10.1. The Bertz CT molecular complexity index is 975.